The lowest BCUT2D eigenvalue weighted by Crippen LogP contribution is -2.16. The molecule has 3 heteroatoms. The predicted molar refractivity (Wildman–Crippen MR) is 42.2 cm³/mol. The Morgan fingerprint density at radius 3 is 2.12 bits per heavy atom. The first-order valence-corrected chi connectivity index (χ1v) is 6.63. The third kappa shape index (κ3) is 6.47. The first-order chi connectivity index (χ1) is 3.63. The summed E-state index contributed by atoms with van der Waals surface area (Å²) >= 11 is 5.83. The van der Waals surface area contributed by atoms with Crippen LogP contribution in [0.25, 0.3) is 0 Å². The second kappa shape index (κ2) is 4.36. The smallest absolute Gasteiger partial charge is 0.139 e. The normalized spacial score (nSPS) is 14.6. The molecule has 50 valence electrons. The van der Waals surface area contributed by atoms with Crippen molar-refractivity contribution >= 4 is 19.2 Å². The van der Waals surface area contributed by atoms with Gasteiger partial charge >= 0.3 is 0 Å². The molecule has 0 saturated carbocycles. The van der Waals surface area contributed by atoms with Gasteiger partial charge in [-0.3, -0.25) is 0 Å². The molecular weight excluding hydrogens is 138 g/mol. The van der Waals surface area contributed by atoms with E-state index in [0.29, 0.717) is 0 Å². The Hall–Kier alpha value is 0.467. The van der Waals surface area contributed by atoms with Crippen LogP contribution in [0, 0.1) is 0 Å². The summed E-state index contributed by atoms with van der Waals surface area (Å²) < 4.78 is 0. The van der Waals surface area contributed by atoms with Gasteiger partial charge in [0.25, 0.3) is 0 Å². The minimum atomic E-state index is -0.796. The van der Waals surface area contributed by atoms with Crippen LogP contribution in [0.3, 0.4) is 0 Å². The van der Waals surface area contributed by atoms with Gasteiger partial charge in [-0.05, 0) is 26.7 Å². The van der Waals surface area contributed by atoms with E-state index in [1.54, 1.807) is 0 Å². The second-order valence-electron chi connectivity index (χ2n) is 2.37. The maximum absolute atomic E-state index is 5.83. The van der Waals surface area contributed by atoms with E-state index in [1.807, 2.05) is 0 Å². The number of rotatable bonds is 3. The molecule has 0 aliphatic carbocycles. The highest BCUT2D eigenvalue weighted by molar-refractivity contribution is 7.06. The Kier molecular flexibility index (Phi) is 4.61. The first-order valence-electron chi connectivity index (χ1n) is 2.91. The van der Waals surface area contributed by atoms with Crippen molar-refractivity contribution in [2.45, 2.75) is 12.6 Å². The first kappa shape index (κ1) is 8.47. The molecule has 1 nitrogen and oxygen atoms in total. The molecule has 0 aromatic carbocycles. The maximum atomic E-state index is 5.83. The molecule has 0 spiro atoms. The lowest BCUT2D eigenvalue weighted by atomic mass is 10.7. The summed E-state index contributed by atoms with van der Waals surface area (Å²) in [7, 11) is 3.36. The van der Waals surface area contributed by atoms with Gasteiger partial charge in [0.2, 0.25) is 0 Å². The zero-order valence-corrected chi connectivity index (χ0v) is 7.73. The van der Waals surface area contributed by atoms with Crippen LogP contribution in [-0.4, -0.2) is 33.6 Å². The molecule has 0 amide bonds. The average molecular weight is 152 g/mol. The minimum absolute atomic E-state index is 0.796. The molecule has 0 fully saturated rings. The summed E-state index contributed by atoms with van der Waals surface area (Å²) in [5.41, 5.74) is 0. The predicted octanol–water partition coefficient (Wildman–Crippen LogP) is 1.14. The molecule has 0 saturated heterocycles. The van der Waals surface area contributed by atoms with Gasteiger partial charge in [-0.25, -0.2) is 0 Å². The lowest BCUT2D eigenvalue weighted by molar-refractivity contribution is 0.433. The van der Waals surface area contributed by atoms with E-state index in [4.69, 9.17) is 11.1 Å². The average Bonchev–Trinajstić information content (AvgIpc) is 1.61. The molecule has 1 atom stereocenters. The molecule has 8 heavy (non-hydrogen) atoms. The van der Waals surface area contributed by atoms with E-state index < -0.39 is 8.11 Å². The zero-order valence-electron chi connectivity index (χ0n) is 5.82. The molecule has 0 aliphatic heterocycles. The van der Waals surface area contributed by atoms with Gasteiger partial charge < -0.3 is 4.90 Å². The molecule has 0 N–H and O–H groups in total. The van der Waals surface area contributed by atoms with Crippen molar-refractivity contribution in [3.63, 3.8) is 0 Å². The van der Waals surface area contributed by atoms with Gasteiger partial charge in [0, 0.05) is 0 Å². The van der Waals surface area contributed by atoms with Crippen LogP contribution in [0.5, 0.6) is 0 Å². The third-order valence-electron chi connectivity index (χ3n) is 0.974. The molecule has 0 heterocycles. The molecule has 0 aliphatic rings. The highest BCUT2D eigenvalue weighted by atomic mass is 35.6. The Balaban J connectivity index is 2.93. The summed E-state index contributed by atoms with van der Waals surface area (Å²) in [5, 5.41) is 0. The van der Waals surface area contributed by atoms with Crippen molar-refractivity contribution in [2.24, 2.45) is 0 Å². The van der Waals surface area contributed by atoms with Gasteiger partial charge in [0.05, 0.1) is 0 Å². The molecule has 0 aromatic heterocycles. The Labute approximate surface area is 57.9 Å². The van der Waals surface area contributed by atoms with E-state index in [0.717, 1.165) is 6.54 Å². The van der Waals surface area contributed by atoms with Crippen LogP contribution in [0.1, 0.15) is 0 Å². The Bertz CT molecular complexity index is 48.4. The minimum Gasteiger partial charge on any atom is -0.310 e. The maximum Gasteiger partial charge on any atom is 0.139 e. The molecule has 1 unspecified atom stereocenters. The summed E-state index contributed by atoms with van der Waals surface area (Å²) in [6.45, 7) is 3.31. The quantitative estimate of drug-likeness (QED) is 0.432. The van der Waals surface area contributed by atoms with E-state index in [2.05, 4.69) is 25.5 Å². The van der Waals surface area contributed by atoms with Crippen molar-refractivity contribution in [1.29, 1.82) is 0 Å². The number of nitrogens with zero attached hydrogens (tertiary/aromatic N) is 1. The standard InChI is InChI=1S/C5H14ClNSi/c1-7(2)4-5-8(3)6/h8H,4-5H2,1-3H3. The SMILES string of the molecule is CN(C)CC[SiH](C)Cl. The number of hydrogen-bond donors (Lipinski definition) is 0. The van der Waals surface area contributed by atoms with E-state index in [1.165, 1.54) is 6.04 Å². The van der Waals surface area contributed by atoms with Crippen molar-refractivity contribution < 1.29 is 0 Å². The molecule has 0 radical (unpaired) electrons. The van der Waals surface area contributed by atoms with Crippen LogP contribution in [0.15, 0.2) is 0 Å². The molecule has 0 bridgehead atoms. The van der Waals surface area contributed by atoms with E-state index in [-0.39, 0.29) is 0 Å². The van der Waals surface area contributed by atoms with Crippen LogP contribution < -0.4 is 0 Å². The van der Waals surface area contributed by atoms with Gasteiger partial charge in [-0.1, -0.05) is 6.55 Å². The van der Waals surface area contributed by atoms with E-state index in [9.17, 15) is 0 Å². The van der Waals surface area contributed by atoms with Crippen LogP contribution >= 0.6 is 11.1 Å². The van der Waals surface area contributed by atoms with Crippen molar-refractivity contribution in [2.75, 3.05) is 20.6 Å². The van der Waals surface area contributed by atoms with Gasteiger partial charge in [0.1, 0.15) is 8.11 Å². The van der Waals surface area contributed by atoms with Crippen LogP contribution in [0.4, 0.5) is 0 Å². The zero-order chi connectivity index (χ0) is 6.57. The van der Waals surface area contributed by atoms with Crippen LogP contribution in [-0.2, 0) is 0 Å². The fourth-order valence-electron chi connectivity index (χ4n) is 0.436. The monoisotopic (exact) mass is 151 g/mol. The summed E-state index contributed by atoms with van der Waals surface area (Å²) in [4.78, 5) is 2.17. The molecule has 0 rings (SSSR count). The largest absolute Gasteiger partial charge is 0.310 e. The van der Waals surface area contributed by atoms with Crippen molar-refractivity contribution in [1.82, 2.24) is 4.90 Å². The van der Waals surface area contributed by atoms with Gasteiger partial charge in [-0.2, -0.15) is 11.1 Å². The van der Waals surface area contributed by atoms with Crippen LogP contribution in [0.2, 0.25) is 12.6 Å². The fraction of sp³-hybridized carbons (Fsp3) is 1.00. The summed E-state index contributed by atoms with van der Waals surface area (Å²) in [5.74, 6) is 0. The third-order valence-corrected chi connectivity index (χ3v) is 2.68. The number of halogens is 1. The van der Waals surface area contributed by atoms with Crippen molar-refractivity contribution in [3.8, 4) is 0 Å². The van der Waals surface area contributed by atoms with Gasteiger partial charge in [-0.15, -0.1) is 0 Å². The topological polar surface area (TPSA) is 3.24 Å². The second-order valence-corrected chi connectivity index (χ2v) is 6.75. The molecule has 0 aromatic rings. The van der Waals surface area contributed by atoms with E-state index >= 15 is 0 Å². The van der Waals surface area contributed by atoms with Crippen molar-refractivity contribution in [3.05, 3.63) is 0 Å². The Morgan fingerprint density at radius 1 is 1.50 bits per heavy atom. The van der Waals surface area contributed by atoms with Gasteiger partial charge in [0.15, 0.2) is 0 Å². The molecular formula is C5H14ClNSi. The lowest BCUT2D eigenvalue weighted by Gasteiger charge is -2.08. The number of hydrogen-bond acceptors (Lipinski definition) is 1. The Morgan fingerprint density at radius 2 is 2.00 bits per heavy atom. The highest BCUT2D eigenvalue weighted by Gasteiger charge is 1.97. The summed E-state index contributed by atoms with van der Waals surface area (Å²) in [6.07, 6.45) is 0. The highest BCUT2D eigenvalue weighted by Crippen LogP contribution is 1.96. The summed E-state index contributed by atoms with van der Waals surface area (Å²) in [6, 6.07) is 1.22. The fourth-order valence-corrected chi connectivity index (χ4v) is 1.60.